The SMILES string of the molecule is CC(=O)OCc1ccc(CN2CCN(c3ccccc3F)CC2)o1. The van der Waals surface area contributed by atoms with Gasteiger partial charge in [0.2, 0.25) is 0 Å². The van der Waals surface area contributed by atoms with Crippen LogP contribution in [0.15, 0.2) is 40.8 Å². The lowest BCUT2D eigenvalue weighted by Crippen LogP contribution is -2.46. The number of ether oxygens (including phenoxy) is 1. The van der Waals surface area contributed by atoms with Gasteiger partial charge in [0.05, 0.1) is 12.2 Å². The molecule has 1 fully saturated rings. The number of para-hydroxylation sites is 1. The summed E-state index contributed by atoms with van der Waals surface area (Å²) >= 11 is 0. The van der Waals surface area contributed by atoms with E-state index in [2.05, 4.69) is 9.80 Å². The minimum atomic E-state index is -0.322. The smallest absolute Gasteiger partial charge is 0.303 e. The Morgan fingerprint density at radius 2 is 1.83 bits per heavy atom. The van der Waals surface area contributed by atoms with Gasteiger partial charge in [0.1, 0.15) is 23.9 Å². The molecule has 0 N–H and O–H groups in total. The second-order valence-electron chi connectivity index (χ2n) is 5.86. The third-order valence-electron chi connectivity index (χ3n) is 4.08. The molecule has 0 saturated carbocycles. The van der Waals surface area contributed by atoms with Crippen molar-refractivity contribution >= 4 is 11.7 Å². The zero-order valence-corrected chi connectivity index (χ0v) is 13.7. The largest absolute Gasteiger partial charge is 0.461 e. The fourth-order valence-corrected chi connectivity index (χ4v) is 2.83. The molecule has 5 nitrogen and oxygen atoms in total. The van der Waals surface area contributed by atoms with Gasteiger partial charge in [-0.05, 0) is 24.3 Å². The average molecular weight is 332 g/mol. The van der Waals surface area contributed by atoms with Crippen LogP contribution in [0.1, 0.15) is 18.4 Å². The van der Waals surface area contributed by atoms with Gasteiger partial charge in [0.15, 0.2) is 0 Å². The van der Waals surface area contributed by atoms with Crippen LogP contribution in [0, 0.1) is 5.82 Å². The van der Waals surface area contributed by atoms with Gasteiger partial charge in [0, 0.05) is 33.1 Å². The first-order chi connectivity index (χ1) is 11.6. The summed E-state index contributed by atoms with van der Waals surface area (Å²) in [6, 6.07) is 10.6. The van der Waals surface area contributed by atoms with Crippen molar-refractivity contribution in [1.82, 2.24) is 4.90 Å². The third-order valence-corrected chi connectivity index (χ3v) is 4.08. The van der Waals surface area contributed by atoms with E-state index in [1.54, 1.807) is 6.07 Å². The summed E-state index contributed by atoms with van der Waals surface area (Å²) in [4.78, 5) is 15.1. The summed E-state index contributed by atoms with van der Waals surface area (Å²) in [6.07, 6.45) is 0. The summed E-state index contributed by atoms with van der Waals surface area (Å²) < 4.78 is 24.4. The number of rotatable bonds is 5. The summed E-state index contributed by atoms with van der Waals surface area (Å²) in [5.74, 6) is 0.992. The lowest BCUT2D eigenvalue weighted by Gasteiger charge is -2.35. The molecule has 1 aliphatic rings. The van der Waals surface area contributed by atoms with Crippen molar-refractivity contribution in [2.24, 2.45) is 0 Å². The third kappa shape index (κ3) is 4.14. The molecular formula is C18H21FN2O3. The van der Waals surface area contributed by atoms with Gasteiger partial charge in [-0.25, -0.2) is 4.39 Å². The molecule has 0 bridgehead atoms. The van der Waals surface area contributed by atoms with E-state index in [1.807, 2.05) is 24.3 Å². The number of hydrogen-bond acceptors (Lipinski definition) is 5. The molecule has 0 amide bonds. The van der Waals surface area contributed by atoms with Crippen molar-refractivity contribution < 1.29 is 18.3 Å². The molecule has 128 valence electrons. The lowest BCUT2D eigenvalue weighted by molar-refractivity contribution is -0.142. The summed E-state index contributed by atoms with van der Waals surface area (Å²) in [5.41, 5.74) is 0.666. The van der Waals surface area contributed by atoms with E-state index >= 15 is 0 Å². The Labute approximate surface area is 140 Å². The molecule has 0 spiro atoms. The van der Waals surface area contributed by atoms with Crippen molar-refractivity contribution in [3.8, 4) is 0 Å². The number of nitrogens with zero attached hydrogens (tertiary/aromatic N) is 2. The first-order valence-electron chi connectivity index (χ1n) is 8.04. The number of carbonyl (C=O) groups excluding carboxylic acids is 1. The van der Waals surface area contributed by atoms with Gasteiger partial charge < -0.3 is 14.1 Å². The van der Waals surface area contributed by atoms with E-state index in [1.165, 1.54) is 13.0 Å². The summed E-state index contributed by atoms with van der Waals surface area (Å²) in [5, 5.41) is 0. The van der Waals surface area contributed by atoms with E-state index in [9.17, 15) is 9.18 Å². The number of esters is 1. The summed E-state index contributed by atoms with van der Waals surface area (Å²) in [7, 11) is 0. The fourth-order valence-electron chi connectivity index (χ4n) is 2.83. The molecule has 0 unspecified atom stereocenters. The van der Waals surface area contributed by atoms with Crippen LogP contribution < -0.4 is 4.90 Å². The van der Waals surface area contributed by atoms with Gasteiger partial charge >= 0.3 is 5.97 Å². The van der Waals surface area contributed by atoms with E-state index in [-0.39, 0.29) is 18.4 Å². The lowest BCUT2D eigenvalue weighted by atomic mass is 10.2. The zero-order valence-electron chi connectivity index (χ0n) is 13.7. The highest BCUT2D eigenvalue weighted by Crippen LogP contribution is 2.21. The second-order valence-corrected chi connectivity index (χ2v) is 5.86. The maximum absolute atomic E-state index is 13.8. The normalized spacial score (nSPS) is 15.5. The minimum Gasteiger partial charge on any atom is -0.461 e. The van der Waals surface area contributed by atoms with Gasteiger partial charge in [-0.15, -0.1) is 0 Å². The Bertz CT molecular complexity index is 693. The van der Waals surface area contributed by atoms with Crippen LogP contribution in [0.5, 0.6) is 0 Å². The molecule has 24 heavy (non-hydrogen) atoms. The minimum absolute atomic E-state index is 0.163. The van der Waals surface area contributed by atoms with E-state index in [0.29, 0.717) is 18.0 Å². The highest BCUT2D eigenvalue weighted by atomic mass is 19.1. The fraction of sp³-hybridized carbons (Fsp3) is 0.389. The Morgan fingerprint density at radius 1 is 1.12 bits per heavy atom. The van der Waals surface area contributed by atoms with Crippen molar-refractivity contribution in [3.05, 3.63) is 53.7 Å². The van der Waals surface area contributed by atoms with E-state index in [4.69, 9.17) is 9.15 Å². The first kappa shape index (κ1) is 16.5. The van der Waals surface area contributed by atoms with Crippen molar-refractivity contribution in [1.29, 1.82) is 0 Å². The predicted octanol–water partition coefficient (Wildman–Crippen LogP) is 2.80. The molecule has 1 aliphatic heterocycles. The predicted molar refractivity (Wildman–Crippen MR) is 88.1 cm³/mol. The molecule has 0 aliphatic carbocycles. The number of benzene rings is 1. The van der Waals surface area contributed by atoms with Crippen molar-refractivity contribution in [2.75, 3.05) is 31.1 Å². The van der Waals surface area contributed by atoms with Crippen LogP contribution in [0.4, 0.5) is 10.1 Å². The summed E-state index contributed by atoms with van der Waals surface area (Å²) in [6.45, 7) is 5.48. The molecule has 0 radical (unpaired) electrons. The maximum atomic E-state index is 13.8. The molecule has 3 rings (SSSR count). The van der Waals surface area contributed by atoms with Gasteiger partial charge in [-0.2, -0.15) is 0 Å². The number of furan rings is 1. The van der Waals surface area contributed by atoms with Gasteiger partial charge in [0.25, 0.3) is 0 Å². The quantitative estimate of drug-likeness (QED) is 0.788. The number of halogens is 1. The number of carbonyl (C=O) groups is 1. The van der Waals surface area contributed by atoms with Gasteiger partial charge in [-0.1, -0.05) is 12.1 Å². The van der Waals surface area contributed by atoms with Crippen LogP contribution in [0.25, 0.3) is 0 Å². The molecular weight excluding hydrogens is 311 g/mol. The molecule has 2 heterocycles. The molecule has 2 aromatic rings. The number of piperazine rings is 1. The first-order valence-corrected chi connectivity index (χ1v) is 8.04. The van der Waals surface area contributed by atoms with Crippen LogP contribution in [-0.4, -0.2) is 37.0 Å². The van der Waals surface area contributed by atoms with E-state index in [0.717, 1.165) is 31.9 Å². The molecule has 1 aromatic carbocycles. The number of anilines is 1. The maximum Gasteiger partial charge on any atom is 0.303 e. The van der Waals surface area contributed by atoms with E-state index < -0.39 is 0 Å². The monoisotopic (exact) mass is 332 g/mol. The standard InChI is InChI=1S/C18H21FN2O3/c1-14(22)23-13-16-7-6-15(24-16)12-20-8-10-21(11-9-20)18-5-3-2-4-17(18)19/h2-7H,8-13H2,1H3. The Hall–Kier alpha value is -2.34. The topological polar surface area (TPSA) is 45.9 Å². The highest BCUT2D eigenvalue weighted by Gasteiger charge is 2.20. The number of hydrogen-bond donors (Lipinski definition) is 0. The molecule has 1 saturated heterocycles. The Balaban J connectivity index is 1.50. The van der Waals surface area contributed by atoms with Crippen LogP contribution >= 0.6 is 0 Å². The van der Waals surface area contributed by atoms with Gasteiger partial charge in [-0.3, -0.25) is 9.69 Å². The molecule has 0 atom stereocenters. The van der Waals surface area contributed by atoms with Crippen LogP contribution in [0.3, 0.4) is 0 Å². The van der Waals surface area contributed by atoms with Crippen molar-refractivity contribution in [2.45, 2.75) is 20.1 Å². The average Bonchev–Trinajstić information content (AvgIpc) is 3.02. The molecule has 6 heteroatoms. The van der Waals surface area contributed by atoms with Crippen LogP contribution in [0.2, 0.25) is 0 Å². The zero-order chi connectivity index (χ0) is 16.9. The Morgan fingerprint density at radius 3 is 2.54 bits per heavy atom. The Kier molecular flexibility index (Phi) is 5.15. The highest BCUT2D eigenvalue weighted by molar-refractivity contribution is 5.65. The molecule has 1 aromatic heterocycles. The second kappa shape index (κ2) is 7.49. The van der Waals surface area contributed by atoms with Crippen LogP contribution in [-0.2, 0) is 22.7 Å². The van der Waals surface area contributed by atoms with Crippen molar-refractivity contribution in [3.63, 3.8) is 0 Å².